The van der Waals surface area contributed by atoms with Crippen LogP contribution in [0.15, 0.2) is 0 Å². The van der Waals surface area contributed by atoms with E-state index in [9.17, 15) is 14.7 Å². The summed E-state index contributed by atoms with van der Waals surface area (Å²) in [5.41, 5.74) is -0.158. The molecule has 4 nitrogen and oxygen atoms in total. The van der Waals surface area contributed by atoms with E-state index in [-0.39, 0.29) is 30.1 Å². The van der Waals surface area contributed by atoms with Crippen molar-refractivity contribution in [3.8, 4) is 0 Å². The van der Waals surface area contributed by atoms with Crippen LogP contribution in [0.5, 0.6) is 0 Å². The van der Waals surface area contributed by atoms with Crippen LogP contribution in [0, 0.1) is 11.3 Å². The summed E-state index contributed by atoms with van der Waals surface area (Å²) in [6.45, 7) is 6.02. The van der Waals surface area contributed by atoms with Gasteiger partial charge in [-0.3, -0.25) is 9.59 Å². The van der Waals surface area contributed by atoms with Crippen molar-refractivity contribution in [3.05, 3.63) is 0 Å². The van der Waals surface area contributed by atoms with Crippen molar-refractivity contribution >= 4 is 24.0 Å². The number of hydrogen-bond acceptors (Lipinski definition) is 4. The largest absolute Gasteiger partial charge is 0.395 e. The van der Waals surface area contributed by atoms with Gasteiger partial charge >= 0.3 is 12.4 Å². The van der Waals surface area contributed by atoms with Crippen molar-refractivity contribution in [2.75, 3.05) is 5.88 Å². The second-order valence-electron chi connectivity index (χ2n) is 4.90. The highest BCUT2D eigenvalue weighted by Gasteiger charge is 2.29. The number of hydrogen-bond donors (Lipinski definition) is 1. The molecule has 16 heavy (non-hydrogen) atoms. The lowest BCUT2D eigenvalue weighted by molar-refractivity contribution is -0.153. The number of rotatable bonds is 6. The number of alkyl halides is 1. The number of esters is 1. The lowest BCUT2D eigenvalue weighted by atomic mass is 9.76. The molecule has 0 rings (SSSR count). The number of aliphatic hydroxyl groups excluding tert-OH is 1. The van der Waals surface area contributed by atoms with Crippen molar-refractivity contribution in [2.24, 2.45) is 11.3 Å². The van der Waals surface area contributed by atoms with Gasteiger partial charge in [-0.15, -0.1) is 11.6 Å². The molecule has 0 aromatic rings. The second-order valence-corrected chi connectivity index (χ2v) is 5.21. The van der Waals surface area contributed by atoms with Crippen LogP contribution in [0.1, 0.15) is 33.6 Å². The third-order valence-corrected chi connectivity index (χ3v) is 2.91. The van der Waals surface area contributed by atoms with E-state index in [2.05, 4.69) is 4.74 Å². The third kappa shape index (κ3) is 6.08. The normalized spacial score (nSPS) is 15.3. The molecular weight excluding hydrogens is 232 g/mol. The maximum absolute atomic E-state index is 11.2. The molecule has 0 aliphatic heterocycles. The predicted molar refractivity (Wildman–Crippen MR) is 61.1 cm³/mol. The molecule has 0 saturated carbocycles. The zero-order valence-electron chi connectivity index (χ0n) is 9.90. The predicted octanol–water partition coefficient (Wildman–Crippen LogP) is 1.73. The molecular formula is C11H19ClO4. The Morgan fingerprint density at radius 3 is 2.44 bits per heavy atom. The van der Waals surface area contributed by atoms with Crippen molar-refractivity contribution in [1.29, 1.82) is 0 Å². The Bertz CT molecular complexity index is 235. The lowest BCUT2D eigenvalue weighted by Gasteiger charge is -2.31. The Morgan fingerprint density at radius 2 is 2.06 bits per heavy atom. The smallest absolute Gasteiger partial charge is 0.313 e. The minimum atomic E-state index is -0.644. The van der Waals surface area contributed by atoms with Gasteiger partial charge in [0.1, 0.15) is 0 Å². The molecule has 0 aliphatic carbocycles. The summed E-state index contributed by atoms with van der Waals surface area (Å²) < 4.78 is 4.25. The quantitative estimate of drug-likeness (QED) is 0.338. The number of carbonyl (C=O) groups is 2. The van der Waals surface area contributed by atoms with Crippen LogP contribution in [0.25, 0.3) is 0 Å². The van der Waals surface area contributed by atoms with E-state index in [0.29, 0.717) is 6.42 Å². The first-order valence-electron chi connectivity index (χ1n) is 5.18. The molecule has 1 N–H and O–H groups in total. The van der Waals surface area contributed by atoms with Crippen LogP contribution in [0.2, 0.25) is 0 Å². The zero-order chi connectivity index (χ0) is 12.8. The van der Waals surface area contributed by atoms with Gasteiger partial charge in [-0.05, 0) is 17.8 Å². The Morgan fingerprint density at radius 1 is 1.50 bits per heavy atom. The van der Waals surface area contributed by atoms with E-state index < -0.39 is 12.1 Å². The van der Waals surface area contributed by atoms with Gasteiger partial charge in [0.2, 0.25) is 0 Å². The average molecular weight is 251 g/mol. The van der Waals surface area contributed by atoms with Crippen molar-refractivity contribution in [3.63, 3.8) is 0 Å². The highest BCUT2D eigenvalue weighted by molar-refractivity contribution is 6.18. The average Bonchev–Trinajstić information content (AvgIpc) is 2.15. The van der Waals surface area contributed by atoms with Crippen molar-refractivity contribution < 1.29 is 19.4 Å². The molecule has 0 spiro atoms. The van der Waals surface area contributed by atoms with Crippen LogP contribution >= 0.6 is 11.6 Å². The highest BCUT2D eigenvalue weighted by Crippen LogP contribution is 2.32. The third-order valence-electron chi connectivity index (χ3n) is 2.55. The van der Waals surface area contributed by atoms with Gasteiger partial charge in [0.25, 0.3) is 0 Å². The van der Waals surface area contributed by atoms with E-state index >= 15 is 0 Å². The molecule has 0 fully saturated rings. The summed E-state index contributed by atoms with van der Waals surface area (Å²) in [5, 5.41) is 9.48. The molecule has 2 unspecified atom stereocenters. The Hall–Kier alpha value is -0.610. The molecule has 0 amide bonds. The van der Waals surface area contributed by atoms with E-state index in [4.69, 9.17) is 11.6 Å². The maximum Gasteiger partial charge on any atom is 0.313 e. The van der Waals surface area contributed by atoms with E-state index in [1.807, 2.05) is 20.8 Å². The summed E-state index contributed by atoms with van der Waals surface area (Å²) in [6.07, 6.45) is -0.119. The molecule has 0 bridgehead atoms. The van der Waals surface area contributed by atoms with Crippen molar-refractivity contribution in [2.45, 2.75) is 39.7 Å². The lowest BCUT2D eigenvalue weighted by Crippen LogP contribution is -2.28. The standard InChI is InChI=1S/C11H19ClO4/c1-11(2,3)8(4-9(14)6-12)5-10(15)16-7-13/h7-9,14H,4-6H2,1-3H3. The molecule has 0 radical (unpaired) electrons. The fourth-order valence-electron chi connectivity index (χ4n) is 1.44. The van der Waals surface area contributed by atoms with Crippen LogP contribution in [0.4, 0.5) is 0 Å². The number of carbonyl (C=O) groups excluding carboxylic acids is 2. The highest BCUT2D eigenvalue weighted by atomic mass is 35.5. The molecule has 0 aromatic heterocycles. The Balaban J connectivity index is 4.44. The monoisotopic (exact) mass is 250 g/mol. The minimum Gasteiger partial charge on any atom is -0.395 e. The van der Waals surface area contributed by atoms with Gasteiger partial charge in [0, 0.05) is 12.3 Å². The number of aliphatic hydroxyl groups is 1. The molecule has 0 saturated heterocycles. The first-order valence-corrected chi connectivity index (χ1v) is 5.71. The Kier molecular flexibility index (Phi) is 6.60. The number of halogens is 1. The summed E-state index contributed by atoms with van der Waals surface area (Å²) in [6, 6.07) is 0. The molecule has 94 valence electrons. The van der Waals surface area contributed by atoms with Gasteiger partial charge < -0.3 is 9.84 Å². The maximum atomic E-state index is 11.2. The molecule has 2 atom stereocenters. The topological polar surface area (TPSA) is 63.6 Å². The zero-order valence-corrected chi connectivity index (χ0v) is 10.7. The van der Waals surface area contributed by atoms with Gasteiger partial charge in [-0.2, -0.15) is 0 Å². The van der Waals surface area contributed by atoms with E-state index in [0.717, 1.165) is 0 Å². The van der Waals surface area contributed by atoms with Gasteiger partial charge in [0.15, 0.2) is 0 Å². The summed E-state index contributed by atoms with van der Waals surface area (Å²) >= 11 is 5.52. The van der Waals surface area contributed by atoms with Gasteiger partial charge in [-0.25, -0.2) is 0 Å². The minimum absolute atomic E-state index is 0.0753. The van der Waals surface area contributed by atoms with Crippen LogP contribution in [0.3, 0.4) is 0 Å². The van der Waals surface area contributed by atoms with E-state index in [1.54, 1.807) is 0 Å². The molecule has 0 aliphatic rings. The van der Waals surface area contributed by atoms with Crippen LogP contribution in [-0.2, 0) is 14.3 Å². The first kappa shape index (κ1) is 15.4. The first-order chi connectivity index (χ1) is 7.31. The summed E-state index contributed by atoms with van der Waals surface area (Å²) in [4.78, 5) is 21.2. The van der Waals surface area contributed by atoms with E-state index in [1.165, 1.54) is 0 Å². The van der Waals surface area contributed by atoms with Gasteiger partial charge in [0.05, 0.1) is 6.10 Å². The SMILES string of the molecule is CC(C)(C)C(CC(=O)OC=O)CC(O)CCl. The Labute approximate surface area is 101 Å². The van der Waals surface area contributed by atoms with Crippen LogP contribution < -0.4 is 0 Å². The van der Waals surface area contributed by atoms with Gasteiger partial charge in [-0.1, -0.05) is 20.8 Å². The van der Waals surface area contributed by atoms with Crippen molar-refractivity contribution in [1.82, 2.24) is 0 Å². The summed E-state index contributed by atoms with van der Waals surface area (Å²) in [5.74, 6) is -0.514. The summed E-state index contributed by atoms with van der Waals surface area (Å²) in [7, 11) is 0. The fraction of sp³-hybridized carbons (Fsp3) is 0.818. The molecule has 5 heteroatoms. The van der Waals surface area contributed by atoms with Crippen LogP contribution in [-0.4, -0.2) is 29.5 Å². The molecule has 0 aromatic carbocycles. The number of ether oxygens (including phenoxy) is 1. The molecule has 0 heterocycles. The fourth-order valence-corrected chi connectivity index (χ4v) is 1.56. The second kappa shape index (κ2) is 6.86.